The second kappa shape index (κ2) is 4.84. The van der Waals surface area contributed by atoms with Gasteiger partial charge in [0.05, 0.1) is 0 Å². The Bertz CT molecular complexity index is 411. The third-order valence-electron chi connectivity index (χ3n) is 3.70. The molecule has 3 nitrogen and oxygen atoms in total. The molecule has 94 valence electrons. The van der Waals surface area contributed by atoms with Gasteiger partial charge in [0.15, 0.2) is 0 Å². The van der Waals surface area contributed by atoms with Gasteiger partial charge in [0.25, 0.3) is 5.91 Å². The number of halogens is 1. The Morgan fingerprint density at radius 2 is 2.29 bits per heavy atom. The summed E-state index contributed by atoms with van der Waals surface area (Å²) in [5, 5.41) is 3.15. The maximum atomic E-state index is 12.1. The minimum absolute atomic E-state index is 0.00400. The maximum Gasteiger partial charge on any atom is 0.267 e. The Hall–Kier alpha value is -0.770. The van der Waals surface area contributed by atoms with Crippen LogP contribution in [0.2, 0.25) is 0 Å². The predicted molar refractivity (Wildman–Crippen MR) is 72.0 cm³/mol. The Labute approximate surface area is 110 Å². The molecule has 1 aromatic heterocycles. The molecule has 0 bridgehead atoms. The molecule has 0 radical (unpaired) electrons. The van der Waals surface area contributed by atoms with E-state index in [1.54, 1.807) is 6.20 Å². The zero-order chi connectivity index (χ0) is 12.5. The first-order chi connectivity index (χ1) is 7.99. The van der Waals surface area contributed by atoms with E-state index >= 15 is 0 Å². The number of aromatic amines is 1. The standard InChI is InChI=1S/C13H19BrN2O/c1-13(2)6-4-3-5-11(13)16-12(17)10-7-9(14)8-15-10/h7-8,11,15H,3-6H2,1-2H3,(H,16,17). The molecule has 1 amide bonds. The zero-order valence-corrected chi connectivity index (χ0v) is 11.9. The van der Waals surface area contributed by atoms with Gasteiger partial charge in [-0.3, -0.25) is 4.79 Å². The summed E-state index contributed by atoms with van der Waals surface area (Å²) < 4.78 is 0.908. The second-order valence-corrected chi connectivity index (χ2v) is 6.41. The highest BCUT2D eigenvalue weighted by Gasteiger charge is 2.33. The maximum absolute atomic E-state index is 12.1. The SMILES string of the molecule is CC1(C)CCCCC1NC(=O)c1cc(Br)c[nH]1. The lowest BCUT2D eigenvalue weighted by Gasteiger charge is -2.38. The van der Waals surface area contributed by atoms with Crippen LogP contribution >= 0.6 is 15.9 Å². The summed E-state index contributed by atoms with van der Waals surface area (Å²) in [4.78, 5) is 15.0. The molecule has 0 spiro atoms. The lowest BCUT2D eigenvalue weighted by atomic mass is 9.73. The Kier molecular flexibility index (Phi) is 3.61. The molecule has 2 N–H and O–H groups in total. The van der Waals surface area contributed by atoms with E-state index in [4.69, 9.17) is 0 Å². The van der Waals surface area contributed by atoms with Crippen molar-refractivity contribution in [1.29, 1.82) is 0 Å². The molecule has 1 aliphatic carbocycles. The summed E-state index contributed by atoms with van der Waals surface area (Å²) in [6, 6.07) is 2.09. The van der Waals surface area contributed by atoms with E-state index in [2.05, 4.69) is 40.1 Å². The van der Waals surface area contributed by atoms with Crippen LogP contribution in [0.4, 0.5) is 0 Å². The van der Waals surface area contributed by atoms with Crippen LogP contribution < -0.4 is 5.32 Å². The van der Waals surface area contributed by atoms with E-state index in [0.717, 1.165) is 10.9 Å². The summed E-state index contributed by atoms with van der Waals surface area (Å²) in [5.74, 6) is -0.00400. The lowest BCUT2D eigenvalue weighted by Crippen LogP contribution is -2.46. The van der Waals surface area contributed by atoms with E-state index in [9.17, 15) is 4.79 Å². The molecule has 0 saturated heterocycles. The van der Waals surface area contributed by atoms with Crippen molar-refractivity contribution in [3.05, 3.63) is 22.4 Å². The van der Waals surface area contributed by atoms with E-state index < -0.39 is 0 Å². The van der Waals surface area contributed by atoms with Crippen LogP contribution in [0.3, 0.4) is 0 Å². The fourth-order valence-electron chi connectivity index (χ4n) is 2.50. The molecular formula is C13H19BrN2O. The van der Waals surface area contributed by atoms with Crippen LogP contribution in [0, 0.1) is 5.41 Å². The monoisotopic (exact) mass is 298 g/mol. The first-order valence-corrected chi connectivity index (χ1v) is 6.93. The van der Waals surface area contributed by atoms with Gasteiger partial charge in [0.1, 0.15) is 5.69 Å². The van der Waals surface area contributed by atoms with Crippen LogP contribution in [0.15, 0.2) is 16.7 Å². The zero-order valence-electron chi connectivity index (χ0n) is 10.3. The van der Waals surface area contributed by atoms with E-state index in [-0.39, 0.29) is 17.4 Å². The molecule has 4 heteroatoms. The van der Waals surface area contributed by atoms with Crippen molar-refractivity contribution in [3.8, 4) is 0 Å². The average molecular weight is 299 g/mol. The van der Waals surface area contributed by atoms with Crippen LogP contribution in [-0.2, 0) is 0 Å². The molecule has 1 atom stereocenters. The third-order valence-corrected chi connectivity index (χ3v) is 4.16. The number of hydrogen-bond donors (Lipinski definition) is 2. The molecule has 2 rings (SSSR count). The van der Waals surface area contributed by atoms with Crippen molar-refractivity contribution in [2.45, 2.75) is 45.6 Å². The third kappa shape index (κ3) is 2.92. The van der Waals surface area contributed by atoms with Crippen LogP contribution in [0.25, 0.3) is 0 Å². The first kappa shape index (κ1) is 12.7. The average Bonchev–Trinajstić information content (AvgIpc) is 2.68. The number of carbonyl (C=O) groups is 1. The van der Waals surface area contributed by atoms with Crippen molar-refractivity contribution in [1.82, 2.24) is 10.3 Å². The number of carbonyl (C=O) groups excluding carboxylic acids is 1. The summed E-state index contributed by atoms with van der Waals surface area (Å²) in [6.45, 7) is 4.48. The van der Waals surface area contributed by atoms with Gasteiger partial charge < -0.3 is 10.3 Å². The first-order valence-electron chi connectivity index (χ1n) is 6.14. The number of aromatic nitrogens is 1. The lowest BCUT2D eigenvalue weighted by molar-refractivity contribution is 0.0849. The minimum Gasteiger partial charge on any atom is -0.356 e. The van der Waals surface area contributed by atoms with Gasteiger partial charge in [-0.25, -0.2) is 0 Å². The van der Waals surface area contributed by atoms with Crippen LogP contribution in [0.1, 0.15) is 50.0 Å². The Morgan fingerprint density at radius 1 is 1.53 bits per heavy atom. The van der Waals surface area contributed by atoms with Gasteiger partial charge in [-0.05, 0) is 40.3 Å². The molecule has 1 unspecified atom stereocenters. The number of nitrogens with one attached hydrogen (secondary N) is 2. The summed E-state index contributed by atoms with van der Waals surface area (Å²) in [5.41, 5.74) is 0.829. The molecule has 1 fully saturated rings. The van der Waals surface area contributed by atoms with Gasteiger partial charge in [-0.1, -0.05) is 26.7 Å². The molecule has 1 saturated carbocycles. The fourth-order valence-corrected chi connectivity index (χ4v) is 2.84. The van der Waals surface area contributed by atoms with Gasteiger partial charge in [0, 0.05) is 16.7 Å². The predicted octanol–water partition coefficient (Wildman–Crippen LogP) is 3.48. The summed E-state index contributed by atoms with van der Waals surface area (Å²) in [7, 11) is 0. The number of rotatable bonds is 2. The molecule has 1 aliphatic rings. The number of amides is 1. The van der Waals surface area contributed by atoms with E-state index in [0.29, 0.717) is 5.69 Å². The van der Waals surface area contributed by atoms with Crippen molar-refractivity contribution in [2.75, 3.05) is 0 Å². The Balaban J connectivity index is 2.03. The normalized spacial score (nSPS) is 23.4. The molecule has 1 aromatic rings. The largest absolute Gasteiger partial charge is 0.356 e. The highest BCUT2D eigenvalue weighted by Crippen LogP contribution is 2.35. The van der Waals surface area contributed by atoms with Crippen LogP contribution in [-0.4, -0.2) is 16.9 Å². The van der Waals surface area contributed by atoms with Crippen LogP contribution in [0.5, 0.6) is 0 Å². The minimum atomic E-state index is -0.00400. The highest BCUT2D eigenvalue weighted by atomic mass is 79.9. The van der Waals surface area contributed by atoms with Crippen molar-refractivity contribution in [2.24, 2.45) is 5.41 Å². The fraction of sp³-hybridized carbons (Fsp3) is 0.615. The van der Waals surface area contributed by atoms with Gasteiger partial charge >= 0.3 is 0 Å². The Morgan fingerprint density at radius 3 is 2.88 bits per heavy atom. The van der Waals surface area contributed by atoms with Gasteiger partial charge in [-0.2, -0.15) is 0 Å². The topological polar surface area (TPSA) is 44.9 Å². The van der Waals surface area contributed by atoms with Gasteiger partial charge in [-0.15, -0.1) is 0 Å². The number of H-pyrrole nitrogens is 1. The smallest absolute Gasteiger partial charge is 0.267 e. The quantitative estimate of drug-likeness (QED) is 0.863. The van der Waals surface area contributed by atoms with Crippen molar-refractivity contribution < 1.29 is 4.79 Å². The van der Waals surface area contributed by atoms with E-state index in [1.165, 1.54) is 19.3 Å². The van der Waals surface area contributed by atoms with Crippen molar-refractivity contribution >= 4 is 21.8 Å². The van der Waals surface area contributed by atoms with Crippen molar-refractivity contribution in [3.63, 3.8) is 0 Å². The molecule has 0 aromatic carbocycles. The van der Waals surface area contributed by atoms with Gasteiger partial charge in [0.2, 0.25) is 0 Å². The molecular weight excluding hydrogens is 280 g/mol. The summed E-state index contributed by atoms with van der Waals surface area (Å²) in [6.07, 6.45) is 6.53. The molecule has 1 heterocycles. The molecule has 17 heavy (non-hydrogen) atoms. The second-order valence-electron chi connectivity index (χ2n) is 5.49. The number of hydrogen-bond acceptors (Lipinski definition) is 1. The molecule has 0 aliphatic heterocycles. The van der Waals surface area contributed by atoms with E-state index in [1.807, 2.05) is 6.07 Å². The highest BCUT2D eigenvalue weighted by molar-refractivity contribution is 9.10. The summed E-state index contributed by atoms with van der Waals surface area (Å²) >= 11 is 3.34.